The van der Waals surface area contributed by atoms with Gasteiger partial charge in [0.15, 0.2) is 6.61 Å². The van der Waals surface area contributed by atoms with Gasteiger partial charge in [-0.05, 0) is 17.7 Å². The molecule has 0 aromatic heterocycles. The number of methoxy groups -OCH3 is 1. The van der Waals surface area contributed by atoms with Crippen LogP contribution in [0.5, 0.6) is 0 Å². The first-order chi connectivity index (χ1) is 12.9. The lowest BCUT2D eigenvalue weighted by Gasteiger charge is -2.16. The maximum atomic E-state index is 13.5. The van der Waals surface area contributed by atoms with Crippen molar-refractivity contribution in [2.75, 3.05) is 13.7 Å². The Labute approximate surface area is 154 Å². The molecule has 1 atom stereocenters. The molecule has 0 aliphatic rings. The number of rotatable bonds is 7. The van der Waals surface area contributed by atoms with Crippen LogP contribution in [0.3, 0.4) is 0 Å². The Morgan fingerprint density at radius 3 is 2.22 bits per heavy atom. The fraction of sp³-hybridized carbons (Fsp3) is 0.211. The Balaban J connectivity index is 1.97. The molecule has 27 heavy (non-hydrogen) atoms. The third kappa shape index (κ3) is 5.60. The third-order valence-corrected chi connectivity index (χ3v) is 3.60. The van der Waals surface area contributed by atoms with Crippen LogP contribution in [0.25, 0.3) is 0 Å². The van der Waals surface area contributed by atoms with E-state index in [1.165, 1.54) is 7.11 Å². The van der Waals surface area contributed by atoms with Crippen LogP contribution in [0, 0.1) is 11.6 Å². The van der Waals surface area contributed by atoms with Gasteiger partial charge in [-0.15, -0.1) is 0 Å². The normalized spacial score (nSPS) is 11.4. The molecule has 0 radical (unpaired) electrons. The van der Waals surface area contributed by atoms with Crippen molar-refractivity contribution in [3.05, 3.63) is 71.3 Å². The zero-order valence-electron chi connectivity index (χ0n) is 14.4. The molecular weight excluding hydrogens is 360 g/mol. The molecule has 0 aliphatic heterocycles. The Kier molecular flexibility index (Phi) is 6.99. The summed E-state index contributed by atoms with van der Waals surface area (Å²) in [6.45, 7) is -0.811. The van der Waals surface area contributed by atoms with Crippen LogP contribution >= 0.6 is 0 Å². The zero-order valence-corrected chi connectivity index (χ0v) is 14.4. The number of hydrogen-bond acceptors (Lipinski definition) is 5. The van der Waals surface area contributed by atoms with E-state index in [4.69, 9.17) is 0 Å². The van der Waals surface area contributed by atoms with Crippen molar-refractivity contribution in [2.45, 2.75) is 12.5 Å². The van der Waals surface area contributed by atoms with E-state index in [0.717, 1.165) is 23.8 Å². The summed E-state index contributed by atoms with van der Waals surface area (Å²) in [4.78, 5) is 35.6. The van der Waals surface area contributed by atoms with Crippen molar-refractivity contribution >= 4 is 17.8 Å². The number of halogens is 2. The number of nitrogens with one attached hydrogen (secondary N) is 1. The number of hydrogen-bond donors (Lipinski definition) is 1. The van der Waals surface area contributed by atoms with Crippen LogP contribution in [0.1, 0.15) is 15.9 Å². The highest BCUT2D eigenvalue weighted by Crippen LogP contribution is 2.13. The van der Waals surface area contributed by atoms with Gasteiger partial charge in [-0.2, -0.15) is 0 Å². The lowest BCUT2D eigenvalue weighted by Crippen LogP contribution is -2.44. The molecule has 0 aliphatic carbocycles. The smallest absolute Gasteiger partial charge is 0.344 e. The van der Waals surface area contributed by atoms with Gasteiger partial charge in [-0.1, -0.05) is 36.4 Å². The van der Waals surface area contributed by atoms with Crippen molar-refractivity contribution in [3.63, 3.8) is 0 Å². The summed E-state index contributed by atoms with van der Waals surface area (Å²) in [5, 5.41) is 2.37. The standard InChI is InChI=1S/C19H17F2NO5/c1-26-18(24)15(10-12-6-3-2-4-7-12)22-16(23)11-27-19(25)17-13(20)8-5-9-14(17)21/h2-9,15H,10-11H2,1H3,(H,22,23)/t15-/m1/s1. The Bertz CT molecular complexity index is 806. The van der Waals surface area contributed by atoms with Crippen LogP contribution in [0.4, 0.5) is 8.78 Å². The molecule has 0 spiro atoms. The van der Waals surface area contributed by atoms with E-state index in [-0.39, 0.29) is 6.42 Å². The summed E-state index contributed by atoms with van der Waals surface area (Å²) in [6, 6.07) is 10.8. The number of benzene rings is 2. The molecule has 2 rings (SSSR count). The van der Waals surface area contributed by atoms with Gasteiger partial charge in [0, 0.05) is 6.42 Å². The van der Waals surface area contributed by atoms with Gasteiger partial charge in [0.1, 0.15) is 23.2 Å². The molecule has 6 nitrogen and oxygen atoms in total. The second-order valence-electron chi connectivity index (χ2n) is 5.51. The molecule has 142 valence electrons. The molecule has 8 heteroatoms. The highest BCUT2D eigenvalue weighted by atomic mass is 19.1. The molecule has 0 saturated carbocycles. The Hall–Kier alpha value is -3.29. The van der Waals surface area contributed by atoms with E-state index in [9.17, 15) is 23.2 Å². The lowest BCUT2D eigenvalue weighted by molar-refractivity contribution is -0.145. The number of carbonyl (C=O) groups excluding carboxylic acids is 3. The number of carbonyl (C=O) groups is 3. The first-order valence-electron chi connectivity index (χ1n) is 7.94. The highest BCUT2D eigenvalue weighted by molar-refractivity contribution is 5.92. The van der Waals surface area contributed by atoms with E-state index < -0.39 is 47.7 Å². The number of ether oxygens (including phenoxy) is 2. The van der Waals surface area contributed by atoms with Gasteiger partial charge in [-0.25, -0.2) is 18.4 Å². The average Bonchev–Trinajstić information content (AvgIpc) is 2.66. The predicted octanol–water partition coefficient (Wildman–Crippen LogP) is 2.02. The molecule has 2 aromatic carbocycles. The van der Waals surface area contributed by atoms with Crippen molar-refractivity contribution in [2.24, 2.45) is 0 Å². The van der Waals surface area contributed by atoms with Crippen molar-refractivity contribution in [3.8, 4) is 0 Å². The molecule has 2 aromatic rings. The van der Waals surface area contributed by atoms with Gasteiger partial charge in [0.05, 0.1) is 7.11 Å². The van der Waals surface area contributed by atoms with Gasteiger partial charge >= 0.3 is 11.9 Å². The van der Waals surface area contributed by atoms with Crippen molar-refractivity contribution < 1.29 is 32.6 Å². The van der Waals surface area contributed by atoms with Crippen molar-refractivity contribution in [1.82, 2.24) is 5.32 Å². The first-order valence-corrected chi connectivity index (χ1v) is 7.94. The minimum atomic E-state index is -1.32. The van der Waals surface area contributed by atoms with E-state index in [1.807, 2.05) is 0 Å². The zero-order chi connectivity index (χ0) is 19.8. The summed E-state index contributed by atoms with van der Waals surface area (Å²) in [5.41, 5.74) is -0.113. The molecule has 1 amide bonds. The summed E-state index contributed by atoms with van der Waals surface area (Å²) in [6.07, 6.45) is 0.162. The van der Waals surface area contributed by atoms with Gasteiger partial charge in [-0.3, -0.25) is 4.79 Å². The first kappa shape index (κ1) is 20.0. The number of amides is 1. The molecule has 0 fully saturated rings. The fourth-order valence-electron chi connectivity index (χ4n) is 2.32. The third-order valence-electron chi connectivity index (χ3n) is 3.60. The van der Waals surface area contributed by atoms with E-state index in [1.54, 1.807) is 30.3 Å². The molecule has 0 unspecified atom stereocenters. The van der Waals surface area contributed by atoms with Gasteiger partial charge in [0.25, 0.3) is 5.91 Å². The highest BCUT2D eigenvalue weighted by Gasteiger charge is 2.24. The van der Waals surface area contributed by atoms with E-state index in [2.05, 4.69) is 14.8 Å². The summed E-state index contributed by atoms with van der Waals surface area (Å²) < 4.78 is 36.3. The van der Waals surface area contributed by atoms with Crippen LogP contribution in [0.2, 0.25) is 0 Å². The molecule has 0 bridgehead atoms. The largest absolute Gasteiger partial charge is 0.467 e. The average molecular weight is 377 g/mol. The predicted molar refractivity (Wildman–Crippen MR) is 90.7 cm³/mol. The van der Waals surface area contributed by atoms with Crippen LogP contribution in [0.15, 0.2) is 48.5 Å². The Morgan fingerprint density at radius 2 is 1.63 bits per heavy atom. The summed E-state index contributed by atoms with van der Waals surface area (Å²) >= 11 is 0. The molecule has 0 heterocycles. The van der Waals surface area contributed by atoms with Crippen LogP contribution < -0.4 is 5.32 Å². The maximum absolute atomic E-state index is 13.5. The minimum absolute atomic E-state index is 0.162. The second-order valence-corrected chi connectivity index (χ2v) is 5.51. The molecule has 0 saturated heterocycles. The molecule has 1 N–H and O–H groups in total. The monoisotopic (exact) mass is 377 g/mol. The fourth-order valence-corrected chi connectivity index (χ4v) is 2.32. The van der Waals surface area contributed by atoms with Crippen LogP contribution in [-0.2, 0) is 25.5 Å². The van der Waals surface area contributed by atoms with Crippen LogP contribution in [-0.4, -0.2) is 37.6 Å². The summed E-state index contributed by atoms with van der Waals surface area (Å²) in [7, 11) is 1.17. The van der Waals surface area contributed by atoms with E-state index >= 15 is 0 Å². The summed E-state index contributed by atoms with van der Waals surface area (Å²) in [5.74, 6) is -5.02. The minimum Gasteiger partial charge on any atom is -0.467 e. The molecular formula is C19H17F2NO5. The second kappa shape index (κ2) is 9.42. The Morgan fingerprint density at radius 1 is 1.00 bits per heavy atom. The topological polar surface area (TPSA) is 81.7 Å². The van der Waals surface area contributed by atoms with E-state index in [0.29, 0.717) is 0 Å². The SMILES string of the molecule is COC(=O)[C@@H](Cc1ccccc1)NC(=O)COC(=O)c1c(F)cccc1F. The quantitative estimate of drug-likeness (QED) is 0.747. The van der Waals surface area contributed by atoms with Gasteiger partial charge < -0.3 is 14.8 Å². The van der Waals surface area contributed by atoms with Gasteiger partial charge in [0.2, 0.25) is 0 Å². The lowest BCUT2D eigenvalue weighted by atomic mass is 10.1. The maximum Gasteiger partial charge on any atom is 0.344 e. The van der Waals surface area contributed by atoms with Crippen molar-refractivity contribution in [1.29, 1.82) is 0 Å². The number of esters is 2.